The molecule has 17 nitrogen and oxygen atoms in total. The summed E-state index contributed by atoms with van der Waals surface area (Å²) in [7, 11) is 1.67. The molecule has 2 aromatic heterocycles. The third kappa shape index (κ3) is 5.32. The van der Waals surface area contributed by atoms with Gasteiger partial charge in [0.2, 0.25) is 22.9 Å². The van der Waals surface area contributed by atoms with Crippen LogP contribution in [0.5, 0.6) is 0 Å². The molecule has 208 valence electrons. The molecule has 0 radical (unpaired) electrons. The van der Waals surface area contributed by atoms with E-state index in [0.29, 0.717) is 22.0 Å². The average molecular weight is 587 g/mol. The van der Waals surface area contributed by atoms with Crippen molar-refractivity contribution < 1.29 is 24.3 Å². The quantitative estimate of drug-likeness (QED) is 0.151. The predicted octanol–water partition coefficient (Wildman–Crippen LogP) is -1.83. The first-order chi connectivity index (χ1) is 19.2. The van der Waals surface area contributed by atoms with Crippen molar-refractivity contribution in [2.75, 3.05) is 17.2 Å². The number of fused-ring (bicyclic) bond motifs is 1. The zero-order chi connectivity index (χ0) is 28.4. The van der Waals surface area contributed by atoms with Crippen LogP contribution < -0.4 is 16.4 Å². The van der Waals surface area contributed by atoms with Crippen molar-refractivity contribution in [1.29, 1.82) is 0 Å². The van der Waals surface area contributed by atoms with Crippen molar-refractivity contribution in [3.63, 3.8) is 0 Å². The van der Waals surface area contributed by atoms with Crippen LogP contribution in [-0.4, -0.2) is 97.0 Å². The van der Waals surface area contributed by atoms with Crippen LogP contribution in [0.1, 0.15) is 11.6 Å². The van der Waals surface area contributed by atoms with Crippen LogP contribution in [0.15, 0.2) is 46.8 Å². The molecule has 1 saturated heterocycles. The number of amides is 3. The Morgan fingerprint density at radius 1 is 1.20 bits per heavy atom. The normalized spacial score (nSPS) is 19.0. The van der Waals surface area contributed by atoms with E-state index >= 15 is 0 Å². The summed E-state index contributed by atoms with van der Waals surface area (Å²) in [6, 6.07) is 6.34. The number of hydrogen-bond acceptors (Lipinski definition) is 13. The molecule has 19 heteroatoms. The first kappa shape index (κ1) is 27.1. The Labute approximate surface area is 233 Å². The van der Waals surface area contributed by atoms with Gasteiger partial charge in [-0.05, 0) is 32.0 Å². The van der Waals surface area contributed by atoms with Crippen LogP contribution in [0.2, 0.25) is 0 Å². The summed E-state index contributed by atoms with van der Waals surface area (Å²) in [5, 5.41) is 36.8. The molecule has 0 saturated carbocycles. The fraction of sp³-hybridized carbons (Fsp3) is 0.333. The molecule has 2 aliphatic rings. The van der Waals surface area contributed by atoms with E-state index in [0.717, 1.165) is 4.68 Å². The lowest BCUT2D eigenvalue weighted by Crippen LogP contribution is -2.71. The largest absolute Gasteiger partial charge is 0.477 e. The van der Waals surface area contributed by atoms with E-state index in [2.05, 4.69) is 41.7 Å². The van der Waals surface area contributed by atoms with Crippen LogP contribution in [0, 0.1) is 0 Å². The van der Waals surface area contributed by atoms with Gasteiger partial charge < -0.3 is 21.5 Å². The highest BCUT2D eigenvalue weighted by Crippen LogP contribution is 2.41. The number of carboxylic acids is 1. The van der Waals surface area contributed by atoms with Gasteiger partial charge >= 0.3 is 5.97 Å². The summed E-state index contributed by atoms with van der Waals surface area (Å²) in [5.41, 5.74) is 6.51. The van der Waals surface area contributed by atoms with E-state index in [9.17, 15) is 24.3 Å². The molecule has 3 aromatic rings. The second kappa shape index (κ2) is 11.3. The van der Waals surface area contributed by atoms with Crippen molar-refractivity contribution in [3.05, 3.63) is 47.2 Å². The average Bonchev–Trinajstić information content (AvgIpc) is 3.55. The molecular weight excluding hydrogens is 564 g/mol. The number of carboxylic acid groups (broad SMARTS) is 1. The molecular formula is C21H22N12O5S2. The van der Waals surface area contributed by atoms with Gasteiger partial charge in [-0.1, -0.05) is 47.2 Å². The maximum atomic E-state index is 13.4. The number of nitrogens with two attached hydrogens (primary N) is 1. The smallest absolute Gasteiger partial charge is 0.352 e. The Hall–Kier alpha value is -4.52. The number of aromatic nitrogens is 8. The van der Waals surface area contributed by atoms with Gasteiger partial charge in [0.15, 0.2) is 0 Å². The van der Waals surface area contributed by atoms with Crippen LogP contribution >= 0.6 is 23.5 Å². The van der Waals surface area contributed by atoms with Gasteiger partial charge in [-0.15, -0.1) is 16.9 Å². The van der Waals surface area contributed by atoms with Crippen LogP contribution in [-0.2, 0) is 32.8 Å². The molecule has 1 unspecified atom stereocenters. The third-order valence-electron chi connectivity index (χ3n) is 6.06. The van der Waals surface area contributed by atoms with Gasteiger partial charge in [0, 0.05) is 18.6 Å². The maximum absolute atomic E-state index is 13.4. The van der Waals surface area contributed by atoms with E-state index in [1.165, 1.54) is 33.1 Å². The number of nitrogens with one attached hydrogen (secondary N) is 2. The van der Waals surface area contributed by atoms with Crippen LogP contribution in [0.4, 0.5) is 5.95 Å². The number of nitrogens with zero attached hydrogens (tertiary/aromatic N) is 9. The Balaban J connectivity index is 1.29. The standard InChI is InChI=1S/C21H22N12O5S2/c1-31-21(26-28-29-31)40-9-11-8-39-18-14(17(36)33(18)15(11)19(37)38)24-16(35)13(10-5-3-2-4-6-10)23-12(34)7-32-20(22)25-27-30-32/h2-6,13-14,18H,7-9H2,1H3,(H,23,34)(H,24,35)(H,37,38)(H2,22,25,30)/t13-,14?,18-/m1/s1. The van der Waals surface area contributed by atoms with Gasteiger partial charge in [0.25, 0.3) is 5.91 Å². The zero-order valence-corrected chi connectivity index (χ0v) is 22.4. The molecule has 0 aliphatic carbocycles. The van der Waals surface area contributed by atoms with Gasteiger partial charge in [-0.3, -0.25) is 19.3 Å². The molecule has 40 heavy (non-hydrogen) atoms. The number of rotatable bonds is 10. The highest BCUT2D eigenvalue weighted by Gasteiger charge is 2.54. The predicted molar refractivity (Wildman–Crippen MR) is 139 cm³/mol. The number of tetrazole rings is 2. The Bertz CT molecular complexity index is 1490. The molecule has 3 amide bonds. The number of aliphatic carboxylic acids is 1. The minimum absolute atomic E-state index is 0.0707. The van der Waals surface area contributed by atoms with Gasteiger partial charge in [0.1, 0.15) is 29.7 Å². The van der Waals surface area contributed by atoms with Crippen molar-refractivity contribution in [2.24, 2.45) is 7.05 Å². The fourth-order valence-electron chi connectivity index (χ4n) is 4.14. The topological polar surface area (TPSA) is 229 Å². The lowest BCUT2D eigenvalue weighted by atomic mass is 10.0. The first-order valence-electron chi connectivity index (χ1n) is 11.7. The molecule has 0 bridgehead atoms. The van der Waals surface area contributed by atoms with Crippen LogP contribution in [0.25, 0.3) is 0 Å². The van der Waals surface area contributed by atoms with Crippen molar-refractivity contribution in [1.82, 2.24) is 55.9 Å². The van der Waals surface area contributed by atoms with Crippen molar-refractivity contribution in [2.45, 2.75) is 29.2 Å². The van der Waals surface area contributed by atoms with E-state index in [1.807, 2.05) is 0 Å². The SMILES string of the molecule is Cn1nnnc1SCC1=C(C(=O)O)N2C(=O)C(NC(=O)[C@H](NC(=O)Cn3nnnc3N)c3ccccc3)[C@H]2SC1. The molecule has 4 heterocycles. The molecule has 3 atom stereocenters. The second-order valence-electron chi connectivity index (χ2n) is 8.63. The van der Waals surface area contributed by atoms with E-state index in [-0.39, 0.29) is 23.9 Å². The second-order valence-corrected chi connectivity index (χ2v) is 10.7. The summed E-state index contributed by atoms with van der Waals surface area (Å²) < 4.78 is 2.53. The maximum Gasteiger partial charge on any atom is 0.352 e. The zero-order valence-electron chi connectivity index (χ0n) is 20.7. The fourth-order valence-corrected chi connectivity index (χ4v) is 6.47. The Kier molecular flexibility index (Phi) is 7.65. The Morgan fingerprint density at radius 3 is 2.60 bits per heavy atom. The van der Waals surface area contributed by atoms with Crippen molar-refractivity contribution >= 4 is 53.2 Å². The van der Waals surface area contributed by atoms with Gasteiger partial charge in [-0.2, -0.15) is 0 Å². The summed E-state index contributed by atoms with van der Waals surface area (Å²) in [5.74, 6) is -2.51. The summed E-state index contributed by atoms with van der Waals surface area (Å²) in [6.45, 7) is -0.331. The third-order valence-corrected chi connectivity index (χ3v) is 8.49. The number of carbonyl (C=O) groups excluding carboxylic acids is 3. The highest BCUT2D eigenvalue weighted by molar-refractivity contribution is 8.01. The number of anilines is 1. The number of thioether (sulfide) groups is 2. The Morgan fingerprint density at radius 2 is 1.95 bits per heavy atom. The molecule has 0 spiro atoms. The highest BCUT2D eigenvalue weighted by atomic mass is 32.2. The number of β-lactam (4-membered cyclic amide) rings is 1. The minimum atomic E-state index is -1.24. The van der Waals surface area contributed by atoms with Gasteiger partial charge in [0.05, 0.1) is 0 Å². The first-order valence-corrected chi connectivity index (χ1v) is 13.7. The summed E-state index contributed by atoms with van der Waals surface area (Å²) in [6.07, 6.45) is 0. The van der Waals surface area contributed by atoms with E-state index in [4.69, 9.17) is 5.73 Å². The number of aryl methyl sites for hydroxylation is 1. The number of hydrogen-bond donors (Lipinski definition) is 4. The monoisotopic (exact) mass is 586 g/mol. The van der Waals surface area contributed by atoms with Crippen molar-refractivity contribution in [3.8, 4) is 0 Å². The van der Waals surface area contributed by atoms with Crippen LogP contribution in [0.3, 0.4) is 0 Å². The number of nitrogen functional groups attached to an aromatic ring is 1. The molecule has 5 N–H and O–H groups in total. The molecule has 1 fully saturated rings. The minimum Gasteiger partial charge on any atom is -0.477 e. The van der Waals surface area contributed by atoms with E-state index in [1.54, 1.807) is 37.4 Å². The summed E-state index contributed by atoms with van der Waals surface area (Å²) in [4.78, 5) is 52.6. The lowest BCUT2D eigenvalue weighted by Gasteiger charge is -2.49. The molecule has 1 aromatic carbocycles. The van der Waals surface area contributed by atoms with E-state index < -0.39 is 41.1 Å². The summed E-state index contributed by atoms with van der Waals surface area (Å²) >= 11 is 2.59. The number of benzene rings is 1. The number of carbonyl (C=O) groups is 4. The van der Waals surface area contributed by atoms with Gasteiger partial charge in [-0.25, -0.2) is 14.2 Å². The molecule has 5 rings (SSSR count). The lowest BCUT2D eigenvalue weighted by molar-refractivity contribution is -0.151. The molecule has 2 aliphatic heterocycles.